The molecule has 0 spiro atoms. The first-order chi connectivity index (χ1) is 12.3. The average molecular weight is 335 g/mol. The zero-order valence-electron chi connectivity index (χ0n) is 14.9. The maximum atomic E-state index is 5.12. The molecule has 1 aliphatic rings. The van der Waals surface area contributed by atoms with Crippen LogP contribution in [0.5, 0.6) is 0 Å². The van der Waals surface area contributed by atoms with Gasteiger partial charge in [-0.05, 0) is 41.4 Å². The fraction of sp³-hybridized carbons (Fsp3) is 0.286. The lowest BCUT2D eigenvalue weighted by atomic mass is 9.99. The quantitative estimate of drug-likeness (QED) is 0.839. The normalized spacial score (nSPS) is 14.8. The van der Waals surface area contributed by atoms with Crippen molar-refractivity contribution in [3.8, 4) is 0 Å². The van der Waals surface area contributed by atoms with Crippen LogP contribution in [0.4, 0.5) is 5.69 Å². The number of fused-ring (bicyclic) bond motifs is 1. The minimum absolute atomic E-state index is 0.715. The van der Waals surface area contributed by atoms with Crippen molar-refractivity contribution in [3.63, 3.8) is 0 Å². The van der Waals surface area contributed by atoms with Gasteiger partial charge in [0.1, 0.15) is 0 Å². The van der Waals surface area contributed by atoms with Gasteiger partial charge in [-0.2, -0.15) is 0 Å². The Morgan fingerprint density at radius 3 is 2.76 bits per heavy atom. The second kappa shape index (κ2) is 8.60. The summed E-state index contributed by atoms with van der Waals surface area (Å²) in [5, 5.41) is 3.40. The van der Waals surface area contributed by atoms with Crippen LogP contribution in [-0.2, 0) is 11.3 Å². The van der Waals surface area contributed by atoms with Crippen LogP contribution in [0.1, 0.15) is 16.7 Å². The molecule has 0 radical (unpaired) electrons. The number of benzene rings is 2. The summed E-state index contributed by atoms with van der Waals surface area (Å²) >= 11 is 0. The van der Waals surface area contributed by atoms with Crippen molar-refractivity contribution in [2.45, 2.75) is 6.54 Å². The van der Waals surface area contributed by atoms with Crippen LogP contribution >= 0.6 is 0 Å². The molecular weight excluding hydrogens is 310 g/mol. The maximum absolute atomic E-state index is 5.12. The molecule has 0 amide bonds. The van der Waals surface area contributed by atoms with E-state index in [2.05, 4.69) is 70.9 Å². The number of ether oxygens (including phenoxy) is 1. The third kappa shape index (κ3) is 4.78. The summed E-state index contributed by atoms with van der Waals surface area (Å²) < 4.78 is 5.12. The number of nitrogens with one attached hydrogen (secondary N) is 1. The Morgan fingerprint density at radius 1 is 1.16 bits per heavy atom. The van der Waals surface area contributed by atoms with Gasteiger partial charge in [0.25, 0.3) is 0 Å². The highest BCUT2D eigenvalue weighted by atomic mass is 16.5. The van der Waals surface area contributed by atoms with Gasteiger partial charge < -0.3 is 10.1 Å². The lowest BCUT2D eigenvalue weighted by Crippen LogP contribution is -2.22. The molecule has 0 aromatic heterocycles. The van der Waals surface area contributed by atoms with Crippen LogP contribution in [0.3, 0.4) is 0 Å². The lowest BCUT2D eigenvalue weighted by Gasteiger charge is -2.16. The second-order valence-corrected chi connectivity index (χ2v) is 6.30. The number of nitrogens with zero attached hydrogens (tertiary/aromatic N) is 2. The first kappa shape index (κ1) is 17.4. The second-order valence-electron chi connectivity index (χ2n) is 6.30. The molecule has 1 aliphatic heterocycles. The summed E-state index contributed by atoms with van der Waals surface area (Å²) in [6.07, 6.45) is 4.01. The molecular formula is C21H25N3O. The van der Waals surface area contributed by atoms with Crippen molar-refractivity contribution in [3.05, 3.63) is 71.4 Å². The number of aliphatic imine (C=N–C) groups is 1. The fourth-order valence-corrected chi connectivity index (χ4v) is 2.87. The molecule has 2 aromatic rings. The molecule has 25 heavy (non-hydrogen) atoms. The topological polar surface area (TPSA) is 36.9 Å². The molecule has 2 aromatic carbocycles. The van der Waals surface area contributed by atoms with Crippen LogP contribution in [0.15, 0.2) is 59.7 Å². The van der Waals surface area contributed by atoms with Gasteiger partial charge >= 0.3 is 0 Å². The Balaban J connectivity index is 1.62. The highest BCUT2D eigenvalue weighted by Crippen LogP contribution is 2.22. The summed E-state index contributed by atoms with van der Waals surface area (Å²) in [5.74, 6) is 0. The predicted molar refractivity (Wildman–Crippen MR) is 105 cm³/mol. The first-order valence-electron chi connectivity index (χ1n) is 8.57. The molecule has 4 nitrogen and oxygen atoms in total. The van der Waals surface area contributed by atoms with Crippen LogP contribution in [-0.4, -0.2) is 45.0 Å². The molecule has 0 saturated carbocycles. The average Bonchev–Trinajstić information content (AvgIpc) is 2.66. The van der Waals surface area contributed by atoms with Crippen LogP contribution < -0.4 is 5.32 Å². The van der Waals surface area contributed by atoms with Crippen LogP contribution in [0.25, 0.3) is 5.57 Å². The van der Waals surface area contributed by atoms with Gasteiger partial charge in [0.2, 0.25) is 0 Å². The zero-order chi connectivity index (χ0) is 17.5. The monoisotopic (exact) mass is 335 g/mol. The van der Waals surface area contributed by atoms with Crippen LogP contribution in [0.2, 0.25) is 0 Å². The van der Waals surface area contributed by atoms with E-state index in [0.29, 0.717) is 6.54 Å². The Hall–Kier alpha value is -2.43. The summed E-state index contributed by atoms with van der Waals surface area (Å²) in [6.45, 7) is 3.33. The van der Waals surface area contributed by atoms with Gasteiger partial charge in [0.05, 0.1) is 13.2 Å². The van der Waals surface area contributed by atoms with Gasteiger partial charge in [-0.1, -0.05) is 36.4 Å². The van der Waals surface area contributed by atoms with Crippen molar-refractivity contribution in [1.29, 1.82) is 0 Å². The molecule has 0 aliphatic carbocycles. The number of hydrogen-bond donors (Lipinski definition) is 1. The molecule has 0 bridgehead atoms. The van der Waals surface area contributed by atoms with E-state index in [1.54, 1.807) is 7.11 Å². The van der Waals surface area contributed by atoms with E-state index in [1.165, 1.54) is 22.3 Å². The van der Waals surface area contributed by atoms with Crippen molar-refractivity contribution in [2.24, 2.45) is 4.99 Å². The van der Waals surface area contributed by atoms with Gasteiger partial charge in [0.15, 0.2) is 0 Å². The predicted octanol–water partition coefficient (Wildman–Crippen LogP) is 3.65. The van der Waals surface area contributed by atoms with Crippen molar-refractivity contribution < 1.29 is 4.74 Å². The Kier molecular flexibility index (Phi) is 5.99. The molecule has 0 saturated heterocycles. The molecule has 1 N–H and O–H groups in total. The molecule has 1 heterocycles. The summed E-state index contributed by atoms with van der Waals surface area (Å²) in [4.78, 5) is 6.69. The minimum Gasteiger partial charge on any atom is -0.383 e. The number of likely N-dealkylation sites (N-methyl/N-ethyl adjacent to an activating group) is 1. The molecule has 0 atom stereocenters. The van der Waals surface area contributed by atoms with Crippen molar-refractivity contribution in [2.75, 3.05) is 39.2 Å². The zero-order valence-corrected chi connectivity index (χ0v) is 14.9. The van der Waals surface area contributed by atoms with Gasteiger partial charge in [-0.15, -0.1) is 0 Å². The SMILES string of the molecule is COCCN(C)Cc1ccc(NC=C2CN=Cc3ccccc32)cc1. The summed E-state index contributed by atoms with van der Waals surface area (Å²) in [7, 11) is 3.84. The highest BCUT2D eigenvalue weighted by Gasteiger charge is 2.09. The van der Waals surface area contributed by atoms with Gasteiger partial charge in [-0.3, -0.25) is 9.89 Å². The third-order valence-corrected chi connectivity index (χ3v) is 4.30. The Morgan fingerprint density at radius 2 is 1.96 bits per heavy atom. The van der Waals surface area contributed by atoms with E-state index in [1.807, 2.05) is 12.3 Å². The third-order valence-electron chi connectivity index (χ3n) is 4.30. The number of rotatable bonds is 7. The smallest absolute Gasteiger partial charge is 0.0660 e. The fourth-order valence-electron chi connectivity index (χ4n) is 2.87. The van der Waals surface area contributed by atoms with Gasteiger partial charge in [0, 0.05) is 38.3 Å². The Bertz CT molecular complexity index is 750. The molecule has 3 rings (SSSR count). The maximum Gasteiger partial charge on any atom is 0.0660 e. The number of hydrogen-bond acceptors (Lipinski definition) is 4. The van der Waals surface area contributed by atoms with Crippen molar-refractivity contribution >= 4 is 17.5 Å². The van der Waals surface area contributed by atoms with E-state index < -0.39 is 0 Å². The molecule has 0 fully saturated rings. The van der Waals surface area contributed by atoms with E-state index in [9.17, 15) is 0 Å². The lowest BCUT2D eigenvalue weighted by molar-refractivity contribution is 0.158. The van der Waals surface area contributed by atoms with E-state index in [0.717, 1.165) is 25.4 Å². The van der Waals surface area contributed by atoms with E-state index in [4.69, 9.17) is 4.74 Å². The Labute approximate surface area is 149 Å². The minimum atomic E-state index is 0.715. The van der Waals surface area contributed by atoms with E-state index >= 15 is 0 Å². The molecule has 0 unspecified atom stereocenters. The molecule has 4 heteroatoms. The van der Waals surface area contributed by atoms with E-state index in [-0.39, 0.29) is 0 Å². The summed E-state index contributed by atoms with van der Waals surface area (Å²) in [5.41, 5.74) is 6.02. The highest BCUT2D eigenvalue weighted by molar-refractivity contribution is 5.92. The number of anilines is 1. The standard InChI is InChI=1S/C21H25N3O/c1-24(11-12-25-2)16-17-7-9-20(10-8-17)23-15-19-14-22-13-18-5-3-4-6-21(18)19/h3-10,13,15,23H,11-12,14,16H2,1-2H3. The summed E-state index contributed by atoms with van der Waals surface area (Å²) in [6, 6.07) is 16.9. The van der Waals surface area contributed by atoms with Crippen LogP contribution in [0, 0.1) is 0 Å². The largest absolute Gasteiger partial charge is 0.383 e. The van der Waals surface area contributed by atoms with Crippen molar-refractivity contribution in [1.82, 2.24) is 4.90 Å². The first-order valence-corrected chi connectivity index (χ1v) is 8.57. The van der Waals surface area contributed by atoms with Gasteiger partial charge in [-0.25, -0.2) is 0 Å². The molecule has 130 valence electrons. The number of methoxy groups -OCH3 is 1.